The van der Waals surface area contributed by atoms with E-state index in [-0.39, 0.29) is 15.7 Å². The number of halogens is 3. The predicted octanol–water partition coefficient (Wildman–Crippen LogP) is 2.89. The van der Waals surface area contributed by atoms with E-state index >= 15 is 0 Å². The number of aromatic nitrogens is 4. The van der Waals surface area contributed by atoms with Gasteiger partial charge in [0.25, 0.3) is 5.82 Å². The Labute approximate surface area is 114 Å². The number of phenols is 1. The zero-order valence-electron chi connectivity index (χ0n) is 10.0. The van der Waals surface area contributed by atoms with Crippen LogP contribution in [0.5, 0.6) is 5.75 Å². The van der Waals surface area contributed by atoms with Gasteiger partial charge in [0.2, 0.25) is 4.96 Å². The van der Waals surface area contributed by atoms with Crippen molar-refractivity contribution in [2.45, 2.75) is 13.1 Å². The Hall–Kier alpha value is -2.16. The van der Waals surface area contributed by atoms with Crippen molar-refractivity contribution in [3.05, 3.63) is 29.6 Å². The van der Waals surface area contributed by atoms with Crippen LogP contribution in [0, 0.1) is 6.92 Å². The molecular formula is C11H7F3N4OS. The first kappa shape index (κ1) is 12.9. The van der Waals surface area contributed by atoms with Crippen molar-refractivity contribution >= 4 is 16.3 Å². The molecule has 0 spiro atoms. The topological polar surface area (TPSA) is 63.3 Å². The van der Waals surface area contributed by atoms with Crippen molar-refractivity contribution in [1.82, 2.24) is 19.8 Å². The van der Waals surface area contributed by atoms with Gasteiger partial charge in [-0.15, -0.1) is 10.2 Å². The zero-order chi connectivity index (χ0) is 14.5. The van der Waals surface area contributed by atoms with Gasteiger partial charge in [-0.1, -0.05) is 23.0 Å². The van der Waals surface area contributed by atoms with Gasteiger partial charge in [-0.2, -0.15) is 22.8 Å². The molecule has 0 amide bonds. The number of fused-ring (bicyclic) bond motifs is 1. The van der Waals surface area contributed by atoms with Gasteiger partial charge in [0.1, 0.15) is 5.75 Å². The van der Waals surface area contributed by atoms with Crippen molar-refractivity contribution in [3.63, 3.8) is 0 Å². The summed E-state index contributed by atoms with van der Waals surface area (Å²) in [4.78, 5) is 0.0215. The van der Waals surface area contributed by atoms with Gasteiger partial charge >= 0.3 is 6.18 Å². The summed E-state index contributed by atoms with van der Waals surface area (Å²) in [6.45, 7) is 1.81. The average Bonchev–Trinajstić information content (AvgIpc) is 2.89. The second-order valence-electron chi connectivity index (χ2n) is 4.14. The van der Waals surface area contributed by atoms with Gasteiger partial charge in [-0.3, -0.25) is 0 Å². The third-order valence-corrected chi connectivity index (χ3v) is 3.56. The molecule has 3 rings (SSSR count). The second kappa shape index (κ2) is 4.17. The lowest BCUT2D eigenvalue weighted by molar-refractivity contribution is -0.146. The van der Waals surface area contributed by atoms with Gasteiger partial charge < -0.3 is 5.11 Å². The number of nitrogens with zero attached hydrogens (tertiary/aromatic N) is 4. The minimum Gasteiger partial charge on any atom is -0.507 e. The van der Waals surface area contributed by atoms with Gasteiger partial charge in [-0.05, 0) is 19.1 Å². The first-order chi connectivity index (χ1) is 9.36. The molecule has 0 unspecified atom stereocenters. The van der Waals surface area contributed by atoms with E-state index in [0.717, 1.165) is 16.9 Å². The lowest BCUT2D eigenvalue weighted by atomic mass is 10.1. The fraction of sp³-hybridized carbons (Fsp3) is 0.182. The molecule has 1 N–H and O–H groups in total. The molecule has 0 atom stereocenters. The van der Waals surface area contributed by atoms with Gasteiger partial charge in [0, 0.05) is 0 Å². The predicted molar refractivity (Wildman–Crippen MR) is 65.5 cm³/mol. The number of alkyl halides is 3. The number of rotatable bonds is 1. The standard InChI is InChI=1S/C11H7F3N4OS/c1-5-2-3-7(19)6(4-5)8-17-18-9(11(12,13)14)15-16-10(18)20-8/h2-4,19H,1H3. The third kappa shape index (κ3) is 1.99. The summed E-state index contributed by atoms with van der Waals surface area (Å²) in [6, 6.07) is 4.81. The molecular weight excluding hydrogens is 293 g/mol. The Bertz CT molecular complexity index is 793. The summed E-state index contributed by atoms with van der Waals surface area (Å²) < 4.78 is 38.7. The van der Waals surface area contributed by atoms with E-state index in [4.69, 9.17) is 0 Å². The summed E-state index contributed by atoms with van der Waals surface area (Å²) in [7, 11) is 0. The molecule has 0 aliphatic heterocycles. The second-order valence-corrected chi connectivity index (χ2v) is 5.10. The maximum Gasteiger partial charge on any atom is 0.453 e. The van der Waals surface area contributed by atoms with E-state index in [1.165, 1.54) is 6.07 Å². The fourth-order valence-electron chi connectivity index (χ4n) is 1.72. The highest BCUT2D eigenvalue weighted by atomic mass is 32.1. The Kier molecular flexibility index (Phi) is 2.68. The van der Waals surface area contributed by atoms with Crippen LogP contribution in [0.25, 0.3) is 15.5 Å². The highest BCUT2D eigenvalue weighted by molar-refractivity contribution is 7.19. The number of hydrogen-bond donors (Lipinski definition) is 1. The molecule has 0 bridgehead atoms. The normalized spacial score (nSPS) is 12.2. The first-order valence-electron chi connectivity index (χ1n) is 5.45. The molecule has 2 aromatic heterocycles. The van der Waals surface area contributed by atoms with Crippen LogP contribution in [0.15, 0.2) is 18.2 Å². The average molecular weight is 300 g/mol. The van der Waals surface area contributed by atoms with Crippen LogP contribution in [0.1, 0.15) is 11.4 Å². The maximum atomic E-state index is 12.7. The summed E-state index contributed by atoms with van der Waals surface area (Å²) in [6.07, 6.45) is -4.63. The number of aryl methyl sites for hydroxylation is 1. The SMILES string of the molecule is Cc1ccc(O)c(-c2nn3c(C(F)(F)F)nnc3s2)c1. The van der Waals surface area contributed by atoms with Crippen LogP contribution in [0.2, 0.25) is 0 Å². The molecule has 0 aliphatic rings. The van der Waals surface area contributed by atoms with Crippen LogP contribution >= 0.6 is 11.3 Å². The highest BCUT2D eigenvalue weighted by Crippen LogP contribution is 2.35. The molecule has 2 heterocycles. The van der Waals surface area contributed by atoms with Gasteiger partial charge in [0.15, 0.2) is 5.01 Å². The largest absolute Gasteiger partial charge is 0.507 e. The van der Waals surface area contributed by atoms with E-state index in [1.807, 2.05) is 6.92 Å². The van der Waals surface area contributed by atoms with Crippen LogP contribution in [0.3, 0.4) is 0 Å². The zero-order valence-corrected chi connectivity index (χ0v) is 10.8. The van der Waals surface area contributed by atoms with Crippen molar-refractivity contribution < 1.29 is 18.3 Å². The molecule has 0 saturated carbocycles. The quantitative estimate of drug-likeness (QED) is 0.750. The van der Waals surface area contributed by atoms with Gasteiger partial charge in [0.05, 0.1) is 5.56 Å². The Morgan fingerprint density at radius 1 is 1.25 bits per heavy atom. The lowest BCUT2D eigenvalue weighted by Crippen LogP contribution is -2.11. The summed E-state index contributed by atoms with van der Waals surface area (Å²) in [5.41, 5.74) is 1.23. The number of hydrogen-bond acceptors (Lipinski definition) is 5. The summed E-state index contributed by atoms with van der Waals surface area (Å²) in [5.74, 6) is -1.23. The molecule has 1 aromatic carbocycles. The third-order valence-electron chi connectivity index (χ3n) is 2.63. The molecule has 3 aromatic rings. The highest BCUT2D eigenvalue weighted by Gasteiger charge is 2.38. The van der Waals surface area contributed by atoms with Crippen molar-refractivity contribution in [1.29, 1.82) is 0 Å². The van der Waals surface area contributed by atoms with Crippen LogP contribution in [-0.4, -0.2) is 24.9 Å². The van der Waals surface area contributed by atoms with E-state index < -0.39 is 12.0 Å². The lowest BCUT2D eigenvalue weighted by Gasteiger charge is -2.02. The number of aromatic hydroxyl groups is 1. The molecule has 0 fully saturated rings. The molecule has 0 saturated heterocycles. The van der Waals surface area contributed by atoms with Crippen molar-refractivity contribution in [2.75, 3.05) is 0 Å². The van der Waals surface area contributed by atoms with Crippen LogP contribution < -0.4 is 0 Å². The van der Waals surface area contributed by atoms with E-state index in [1.54, 1.807) is 12.1 Å². The van der Waals surface area contributed by atoms with E-state index in [9.17, 15) is 18.3 Å². The van der Waals surface area contributed by atoms with Crippen LogP contribution in [-0.2, 0) is 6.18 Å². The molecule has 5 nitrogen and oxygen atoms in total. The molecule has 20 heavy (non-hydrogen) atoms. The number of benzene rings is 1. The number of phenolic OH excluding ortho intramolecular Hbond substituents is 1. The monoisotopic (exact) mass is 300 g/mol. The Morgan fingerprint density at radius 2 is 2.00 bits per heavy atom. The van der Waals surface area contributed by atoms with Crippen LogP contribution in [0.4, 0.5) is 13.2 Å². The molecule has 9 heteroatoms. The summed E-state index contributed by atoms with van der Waals surface area (Å²) in [5, 5.41) is 20.4. The maximum absolute atomic E-state index is 12.7. The van der Waals surface area contributed by atoms with E-state index in [2.05, 4.69) is 15.3 Å². The molecule has 0 aliphatic carbocycles. The smallest absolute Gasteiger partial charge is 0.453 e. The Morgan fingerprint density at radius 3 is 2.70 bits per heavy atom. The van der Waals surface area contributed by atoms with Crippen molar-refractivity contribution in [2.24, 2.45) is 0 Å². The minimum absolute atomic E-state index is 0.0215. The first-order valence-corrected chi connectivity index (χ1v) is 6.27. The van der Waals surface area contributed by atoms with Crippen molar-refractivity contribution in [3.8, 4) is 16.3 Å². The van der Waals surface area contributed by atoms with E-state index in [0.29, 0.717) is 10.1 Å². The minimum atomic E-state index is -4.63. The molecule has 104 valence electrons. The summed E-state index contributed by atoms with van der Waals surface area (Å²) >= 11 is 0.928. The Balaban J connectivity index is 2.19. The fourth-order valence-corrected chi connectivity index (χ4v) is 2.59. The molecule has 0 radical (unpaired) electrons. The van der Waals surface area contributed by atoms with Gasteiger partial charge in [-0.25, -0.2) is 0 Å².